The van der Waals surface area contributed by atoms with Gasteiger partial charge >= 0.3 is 5.97 Å². The Morgan fingerprint density at radius 3 is 2.54 bits per heavy atom. The number of carbonyl (C=O) groups is 1. The molecule has 0 saturated heterocycles. The largest absolute Gasteiger partial charge is 0.469 e. The van der Waals surface area contributed by atoms with Crippen molar-refractivity contribution in [2.45, 2.75) is 52.5 Å². The van der Waals surface area contributed by atoms with E-state index in [4.69, 9.17) is 4.74 Å². The molecule has 1 aromatic carbocycles. The van der Waals surface area contributed by atoms with Gasteiger partial charge in [0.1, 0.15) is 0 Å². The average Bonchev–Trinajstić information content (AvgIpc) is 2.66. The predicted molar refractivity (Wildman–Crippen MR) is 108 cm³/mol. The number of allylic oxidation sites excluding steroid dienone is 2. The van der Waals surface area contributed by atoms with Crippen LogP contribution in [0.5, 0.6) is 0 Å². The lowest BCUT2D eigenvalue weighted by molar-refractivity contribution is -0.141. The number of esters is 1. The fourth-order valence-electron chi connectivity index (χ4n) is 3.23. The molecule has 0 saturated carbocycles. The standard InChI is InChI=1S/C23H33NO2/c1-23(2,15-14-22(25)26-3)16-17-24(18-20-10-6-4-7-11-20)19-21-12-8-5-9-13-21/h4,6-8,10-13H,5,9,14-19H2,1-3H3. The number of nitrogens with zero attached hydrogens (tertiary/aromatic N) is 1. The molecule has 1 aliphatic carbocycles. The Morgan fingerprint density at radius 1 is 1.12 bits per heavy atom. The SMILES string of the molecule is COC(=O)CCC(C)(C)CCN(CC1=CCCC=C1)Cc1ccccc1. The molecule has 0 spiro atoms. The highest BCUT2D eigenvalue weighted by molar-refractivity contribution is 5.69. The van der Waals surface area contributed by atoms with E-state index in [2.05, 4.69) is 67.3 Å². The highest BCUT2D eigenvalue weighted by atomic mass is 16.5. The van der Waals surface area contributed by atoms with Crippen molar-refractivity contribution in [1.82, 2.24) is 4.90 Å². The van der Waals surface area contributed by atoms with Crippen LogP contribution in [0.15, 0.2) is 54.1 Å². The lowest BCUT2D eigenvalue weighted by atomic mass is 9.84. The summed E-state index contributed by atoms with van der Waals surface area (Å²) < 4.78 is 4.79. The van der Waals surface area contributed by atoms with Crippen molar-refractivity contribution in [3.8, 4) is 0 Å². The van der Waals surface area contributed by atoms with E-state index in [9.17, 15) is 4.79 Å². The van der Waals surface area contributed by atoms with Gasteiger partial charge in [-0.15, -0.1) is 0 Å². The van der Waals surface area contributed by atoms with Crippen molar-refractivity contribution in [2.24, 2.45) is 5.41 Å². The molecule has 0 bridgehead atoms. The summed E-state index contributed by atoms with van der Waals surface area (Å²) in [4.78, 5) is 14.0. The first-order chi connectivity index (χ1) is 12.5. The zero-order valence-electron chi connectivity index (χ0n) is 16.5. The molecule has 0 radical (unpaired) electrons. The van der Waals surface area contributed by atoms with Crippen molar-refractivity contribution in [3.63, 3.8) is 0 Å². The summed E-state index contributed by atoms with van der Waals surface area (Å²) in [5, 5.41) is 0. The highest BCUT2D eigenvalue weighted by Crippen LogP contribution is 2.28. The lowest BCUT2D eigenvalue weighted by Crippen LogP contribution is -2.30. The maximum atomic E-state index is 11.5. The average molecular weight is 356 g/mol. The predicted octanol–water partition coefficient (Wildman–Crippen LogP) is 5.13. The van der Waals surface area contributed by atoms with Gasteiger partial charge in [0, 0.05) is 19.5 Å². The van der Waals surface area contributed by atoms with Crippen LogP contribution in [0.4, 0.5) is 0 Å². The Bertz CT molecular complexity index is 616. The van der Waals surface area contributed by atoms with Crippen molar-refractivity contribution in [1.29, 1.82) is 0 Å². The summed E-state index contributed by atoms with van der Waals surface area (Å²) in [6.07, 6.45) is 11.6. The van der Waals surface area contributed by atoms with Crippen LogP contribution in [0.3, 0.4) is 0 Å². The number of methoxy groups -OCH3 is 1. The number of hydrogen-bond donors (Lipinski definition) is 0. The smallest absolute Gasteiger partial charge is 0.305 e. The molecule has 142 valence electrons. The van der Waals surface area contributed by atoms with Gasteiger partial charge in [-0.25, -0.2) is 0 Å². The van der Waals surface area contributed by atoms with Gasteiger partial charge in [-0.3, -0.25) is 9.69 Å². The summed E-state index contributed by atoms with van der Waals surface area (Å²) in [6, 6.07) is 10.7. The summed E-state index contributed by atoms with van der Waals surface area (Å²) in [5.41, 5.74) is 2.89. The van der Waals surface area contributed by atoms with Crippen LogP contribution in [0.1, 0.15) is 51.5 Å². The van der Waals surface area contributed by atoms with Crippen LogP contribution in [0, 0.1) is 5.41 Å². The minimum atomic E-state index is -0.114. The number of carbonyl (C=O) groups excluding carboxylic acids is 1. The zero-order chi connectivity index (χ0) is 18.8. The van der Waals surface area contributed by atoms with Crippen LogP contribution < -0.4 is 0 Å². The van der Waals surface area contributed by atoms with Crippen LogP contribution in [0.2, 0.25) is 0 Å². The van der Waals surface area contributed by atoms with Crippen LogP contribution >= 0.6 is 0 Å². The van der Waals surface area contributed by atoms with Gasteiger partial charge in [-0.05, 0) is 48.8 Å². The molecule has 2 rings (SSSR count). The quantitative estimate of drug-likeness (QED) is 0.545. The van der Waals surface area contributed by atoms with Gasteiger partial charge in [-0.1, -0.05) is 62.4 Å². The maximum Gasteiger partial charge on any atom is 0.305 e. The number of rotatable bonds is 10. The maximum absolute atomic E-state index is 11.5. The molecule has 0 amide bonds. The second-order valence-electron chi connectivity index (χ2n) is 7.95. The Balaban J connectivity index is 1.95. The molecule has 1 aromatic rings. The number of hydrogen-bond acceptors (Lipinski definition) is 3. The van der Waals surface area contributed by atoms with Gasteiger partial charge in [-0.2, -0.15) is 0 Å². The lowest BCUT2D eigenvalue weighted by Gasteiger charge is -2.30. The normalized spacial score (nSPS) is 14.4. The molecule has 0 fully saturated rings. The van der Waals surface area contributed by atoms with E-state index in [1.54, 1.807) is 0 Å². The molecule has 3 nitrogen and oxygen atoms in total. The van der Waals surface area contributed by atoms with Gasteiger partial charge in [0.15, 0.2) is 0 Å². The van der Waals surface area contributed by atoms with E-state index in [1.807, 2.05) is 0 Å². The molecule has 0 aromatic heterocycles. The van der Waals surface area contributed by atoms with Crippen LogP contribution in [-0.2, 0) is 16.1 Å². The molecule has 0 N–H and O–H groups in total. The van der Waals surface area contributed by atoms with Crippen molar-refractivity contribution < 1.29 is 9.53 Å². The molecule has 1 aliphatic rings. The Hall–Kier alpha value is -1.87. The van der Waals surface area contributed by atoms with E-state index in [0.29, 0.717) is 6.42 Å². The minimum absolute atomic E-state index is 0.114. The van der Waals surface area contributed by atoms with Crippen molar-refractivity contribution >= 4 is 5.97 Å². The molecule has 0 aliphatic heterocycles. The first-order valence-corrected chi connectivity index (χ1v) is 9.67. The van der Waals surface area contributed by atoms with Gasteiger partial charge in [0.2, 0.25) is 0 Å². The summed E-state index contributed by atoms with van der Waals surface area (Å²) >= 11 is 0. The Kier molecular flexibility index (Phi) is 8.11. The topological polar surface area (TPSA) is 29.5 Å². The van der Waals surface area contributed by atoms with Gasteiger partial charge in [0.25, 0.3) is 0 Å². The van der Waals surface area contributed by atoms with Crippen molar-refractivity contribution in [2.75, 3.05) is 20.2 Å². The second-order valence-corrected chi connectivity index (χ2v) is 7.95. The molecule has 3 heteroatoms. The third-order valence-corrected chi connectivity index (χ3v) is 5.07. The van der Waals surface area contributed by atoms with E-state index >= 15 is 0 Å². The Labute approximate surface area is 158 Å². The molecular weight excluding hydrogens is 322 g/mol. The monoisotopic (exact) mass is 355 g/mol. The first-order valence-electron chi connectivity index (χ1n) is 9.67. The van der Waals surface area contributed by atoms with Gasteiger partial charge in [0.05, 0.1) is 7.11 Å². The fourth-order valence-corrected chi connectivity index (χ4v) is 3.23. The molecule has 26 heavy (non-hydrogen) atoms. The third kappa shape index (κ3) is 7.57. The number of ether oxygens (including phenoxy) is 1. The molecular formula is C23H33NO2. The zero-order valence-corrected chi connectivity index (χ0v) is 16.5. The summed E-state index contributed by atoms with van der Waals surface area (Å²) in [6.45, 7) is 7.46. The molecule has 0 atom stereocenters. The van der Waals surface area contributed by atoms with E-state index in [0.717, 1.165) is 45.3 Å². The van der Waals surface area contributed by atoms with Gasteiger partial charge < -0.3 is 4.74 Å². The fraction of sp³-hybridized carbons (Fsp3) is 0.522. The molecule has 0 unspecified atom stereocenters. The number of benzene rings is 1. The van der Waals surface area contributed by atoms with E-state index in [1.165, 1.54) is 18.2 Å². The Morgan fingerprint density at radius 2 is 1.88 bits per heavy atom. The highest BCUT2D eigenvalue weighted by Gasteiger charge is 2.21. The minimum Gasteiger partial charge on any atom is -0.469 e. The van der Waals surface area contributed by atoms with Crippen LogP contribution in [-0.4, -0.2) is 31.1 Å². The van der Waals surface area contributed by atoms with E-state index < -0.39 is 0 Å². The summed E-state index contributed by atoms with van der Waals surface area (Å²) in [7, 11) is 1.46. The first kappa shape index (κ1) is 20.4. The second kappa shape index (κ2) is 10.3. The molecule has 0 heterocycles. The van der Waals surface area contributed by atoms with E-state index in [-0.39, 0.29) is 11.4 Å². The summed E-state index contributed by atoms with van der Waals surface area (Å²) in [5.74, 6) is -0.114. The van der Waals surface area contributed by atoms with Crippen LogP contribution in [0.25, 0.3) is 0 Å². The van der Waals surface area contributed by atoms with Crippen molar-refractivity contribution in [3.05, 3.63) is 59.7 Å². The third-order valence-electron chi connectivity index (χ3n) is 5.07.